The van der Waals surface area contributed by atoms with Gasteiger partial charge in [0.15, 0.2) is 0 Å². The summed E-state index contributed by atoms with van der Waals surface area (Å²) in [5.41, 5.74) is -0.227. The van der Waals surface area contributed by atoms with E-state index in [0.717, 1.165) is 0 Å². The zero-order valence-corrected chi connectivity index (χ0v) is 7.80. The van der Waals surface area contributed by atoms with Gasteiger partial charge in [0, 0.05) is 11.1 Å². The lowest BCUT2D eigenvalue weighted by atomic mass is 10.1. The Bertz CT molecular complexity index is 274. The smallest absolute Gasteiger partial charge is 0.331 e. The first-order valence-electron chi connectivity index (χ1n) is 3.83. The summed E-state index contributed by atoms with van der Waals surface area (Å²) in [7, 11) is 0. The van der Waals surface area contributed by atoms with Gasteiger partial charge < -0.3 is 10.4 Å². The van der Waals surface area contributed by atoms with Crippen LogP contribution < -0.4 is 5.32 Å². The van der Waals surface area contributed by atoms with Gasteiger partial charge in [0.25, 0.3) is 6.43 Å². The van der Waals surface area contributed by atoms with Crippen LogP contribution in [0, 0.1) is 0 Å². The fourth-order valence-electron chi connectivity index (χ4n) is 0.633. The summed E-state index contributed by atoms with van der Waals surface area (Å²) < 4.78 is 23.3. The molecule has 0 heterocycles. The lowest BCUT2D eigenvalue weighted by molar-refractivity contribution is -0.133. The largest absolute Gasteiger partial charge is 0.478 e. The minimum Gasteiger partial charge on any atom is -0.478 e. The van der Waals surface area contributed by atoms with Crippen molar-refractivity contribution < 1.29 is 23.5 Å². The Morgan fingerprint density at radius 1 is 1.29 bits per heavy atom. The number of carboxylic acid groups (broad SMARTS) is 1. The van der Waals surface area contributed by atoms with Crippen molar-refractivity contribution in [2.45, 2.75) is 20.3 Å². The molecule has 14 heavy (non-hydrogen) atoms. The lowest BCUT2D eigenvalue weighted by Gasteiger charge is -2.05. The first kappa shape index (κ1) is 12.5. The summed E-state index contributed by atoms with van der Waals surface area (Å²) in [6.07, 6.45) is -2.64. The van der Waals surface area contributed by atoms with Gasteiger partial charge in [-0.05, 0) is 13.8 Å². The van der Waals surface area contributed by atoms with Crippen LogP contribution >= 0.6 is 0 Å². The summed E-state index contributed by atoms with van der Waals surface area (Å²) in [6, 6.07) is 0. The highest BCUT2D eigenvalue weighted by Crippen LogP contribution is 2.03. The molecule has 6 heteroatoms. The van der Waals surface area contributed by atoms with E-state index < -0.39 is 24.8 Å². The number of amides is 1. The van der Waals surface area contributed by atoms with Crippen molar-refractivity contribution in [2.75, 3.05) is 6.54 Å². The van der Waals surface area contributed by atoms with Gasteiger partial charge in [-0.2, -0.15) is 0 Å². The Balaban J connectivity index is 4.39. The molecule has 0 aromatic rings. The summed E-state index contributed by atoms with van der Waals surface area (Å²) >= 11 is 0. The van der Waals surface area contributed by atoms with Crippen molar-refractivity contribution in [1.82, 2.24) is 5.32 Å². The molecule has 4 nitrogen and oxygen atoms in total. The summed E-state index contributed by atoms with van der Waals surface area (Å²) in [5, 5.41) is 10.4. The molecule has 0 aliphatic rings. The van der Waals surface area contributed by atoms with Gasteiger partial charge in [-0.15, -0.1) is 0 Å². The summed E-state index contributed by atoms with van der Waals surface area (Å²) in [4.78, 5) is 21.4. The number of hydrogen-bond donors (Lipinski definition) is 2. The zero-order valence-electron chi connectivity index (χ0n) is 7.80. The van der Waals surface area contributed by atoms with Crippen molar-refractivity contribution in [3.63, 3.8) is 0 Å². The number of rotatable bonds is 4. The van der Waals surface area contributed by atoms with Crippen LogP contribution in [0.4, 0.5) is 8.78 Å². The van der Waals surface area contributed by atoms with E-state index in [-0.39, 0.29) is 11.1 Å². The third-order valence-corrected chi connectivity index (χ3v) is 1.64. The number of carbonyl (C=O) groups is 2. The molecule has 0 atom stereocenters. The molecule has 0 radical (unpaired) electrons. The SMILES string of the molecule is CC(C(=O)O)=C(C)C(=O)NCC(F)F. The van der Waals surface area contributed by atoms with E-state index in [4.69, 9.17) is 5.11 Å². The monoisotopic (exact) mass is 207 g/mol. The Labute approximate surface area is 79.6 Å². The van der Waals surface area contributed by atoms with Crippen LogP contribution in [0.2, 0.25) is 0 Å². The molecule has 1 amide bonds. The first-order chi connectivity index (χ1) is 6.36. The van der Waals surface area contributed by atoms with Crippen LogP contribution in [0.5, 0.6) is 0 Å². The fourth-order valence-corrected chi connectivity index (χ4v) is 0.633. The van der Waals surface area contributed by atoms with Gasteiger partial charge >= 0.3 is 5.97 Å². The fraction of sp³-hybridized carbons (Fsp3) is 0.500. The average molecular weight is 207 g/mol. The van der Waals surface area contributed by atoms with Gasteiger partial charge in [-0.3, -0.25) is 4.79 Å². The molecule has 0 aromatic heterocycles. The molecule has 0 saturated carbocycles. The van der Waals surface area contributed by atoms with Gasteiger partial charge in [-0.1, -0.05) is 0 Å². The Kier molecular flexibility index (Phi) is 4.76. The maximum absolute atomic E-state index is 11.7. The highest BCUT2D eigenvalue weighted by atomic mass is 19.3. The molecule has 80 valence electrons. The zero-order chi connectivity index (χ0) is 11.3. The number of carboxylic acids is 1. The molecule has 0 aliphatic heterocycles. The molecule has 0 aliphatic carbocycles. The van der Waals surface area contributed by atoms with Crippen LogP contribution in [0.3, 0.4) is 0 Å². The first-order valence-corrected chi connectivity index (χ1v) is 3.83. The molecule has 0 rings (SSSR count). The molecule has 0 unspecified atom stereocenters. The van der Waals surface area contributed by atoms with Gasteiger partial charge in [-0.25, -0.2) is 13.6 Å². The van der Waals surface area contributed by atoms with Gasteiger partial charge in [0.2, 0.25) is 5.91 Å². The van der Waals surface area contributed by atoms with Crippen LogP contribution in [-0.2, 0) is 9.59 Å². The number of carbonyl (C=O) groups excluding carboxylic acids is 1. The molecule has 0 fully saturated rings. The third kappa shape index (κ3) is 3.97. The lowest BCUT2D eigenvalue weighted by Crippen LogP contribution is -2.30. The van der Waals surface area contributed by atoms with E-state index in [0.29, 0.717) is 0 Å². The minimum atomic E-state index is -2.64. The topological polar surface area (TPSA) is 66.4 Å². The van der Waals surface area contributed by atoms with Crippen LogP contribution in [0.25, 0.3) is 0 Å². The Morgan fingerprint density at radius 2 is 1.79 bits per heavy atom. The molecular formula is C8H11F2NO3. The predicted molar refractivity (Wildman–Crippen MR) is 45.0 cm³/mol. The summed E-state index contributed by atoms with van der Waals surface area (Å²) in [6.45, 7) is 1.73. The minimum absolute atomic E-state index is 0.0712. The number of aliphatic carboxylic acids is 1. The second kappa shape index (κ2) is 5.31. The standard InChI is InChI=1S/C8H11F2NO3/c1-4(5(2)8(13)14)7(12)11-3-6(9)10/h6H,3H2,1-2H3,(H,11,12)(H,13,14). The molecule has 0 bridgehead atoms. The molecular weight excluding hydrogens is 196 g/mol. The maximum atomic E-state index is 11.7. The Morgan fingerprint density at radius 3 is 2.14 bits per heavy atom. The normalized spacial score (nSPS) is 12.4. The Hall–Kier alpha value is -1.46. The molecule has 0 aromatic carbocycles. The van der Waals surface area contributed by atoms with Crippen molar-refractivity contribution in [2.24, 2.45) is 0 Å². The average Bonchev–Trinajstić information content (AvgIpc) is 2.11. The number of halogens is 2. The van der Waals surface area contributed by atoms with Crippen LogP contribution in [0.15, 0.2) is 11.1 Å². The van der Waals surface area contributed by atoms with Crippen molar-refractivity contribution in [3.05, 3.63) is 11.1 Å². The van der Waals surface area contributed by atoms with Crippen LogP contribution in [-0.4, -0.2) is 30.0 Å². The van der Waals surface area contributed by atoms with E-state index in [9.17, 15) is 18.4 Å². The number of hydrogen-bond acceptors (Lipinski definition) is 2. The maximum Gasteiger partial charge on any atom is 0.331 e. The van der Waals surface area contributed by atoms with E-state index in [1.165, 1.54) is 13.8 Å². The highest BCUT2D eigenvalue weighted by molar-refractivity contribution is 6.01. The predicted octanol–water partition coefficient (Wildman–Crippen LogP) is 0.789. The second-order valence-electron chi connectivity index (χ2n) is 2.66. The highest BCUT2D eigenvalue weighted by Gasteiger charge is 2.13. The van der Waals surface area contributed by atoms with Crippen molar-refractivity contribution in [1.29, 1.82) is 0 Å². The van der Waals surface area contributed by atoms with E-state index in [2.05, 4.69) is 0 Å². The quantitative estimate of drug-likeness (QED) is 0.670. The second-order valence-corrected chi connectivity index (χ2v) is 2.66. The van der Waals surface area contributed by atoms with E-state index >= 15 is 0 Å². The number of nitrogens with one attached hydrogen (secondary N) is 1. The van der Waals surface area contributed by atoms with Gasteiger partial charge in [0.05, 0.1) is 6.54 Å². The van der Waals surface area contributed by atoms with E-state index in [1.54, 1.807) is 0 Å². The summed E-state index contributed by atoms with van der Waals surface area (Å²) in [5.74, 6) is -2.03. The molecule has 0 saturated heterocycles. The van der Waals surface area contributed by atoms with Crippen LogP contribution in [0.1, 0.15) is 13.8 Å². The third-order valence-electron chi connectivity index (χ3n) is 1.64. The molecule has 2 N–H and O–H groups in total. The van der Waals surface area contributed by atoms with Crippen molar-refractivity contribution >= 4 is 11.9 Å². The van der Waals surface area contributed by atoms with Crippen molar-refractivity contribution in [3.8, 4) is 0 Å². The molecule has 0 spiro atoms. The van der Waals surface area contributed by atoms with E-state index in [1.807, 2.05) is 5.32 Å². The number of alkyl halides is 2. The van der Waals surface area contributed by atoms with Gasteiger partial charge in [0.1, 0.15) is 0 Å².